The highest BCUT2D eigenvalue weighted by Gasteiger charge is 2.14. The summed E-state index contributed by atoms with van der Waals surface area (Å²) in [7, 11) is 2.61. The van der Waals surface area contributed by atoms with Crippen LogP contribution in [0, 0.1) is 0 Å². The molecule has 0 saturated heterocycles. The molecule has 1 N–H and O–H groups in total. The van der Waals surface area contributed by atoms with Crippen LogP contribution in [0.3, 0.4) is 0 Å². The van der Waals surface area contributed by atoms with Gasteiger partial charge in [0.05, 0.1) is 0 Å². The van der Waals surface area contributed by atoms with E-state index in [1.807, 2.05) is 0 Å². The smallest absolute Gasteiger partial charge is 0.311 e. The third-order valence-corrected chi connectivity index (χ3v) is 2.74. The maximum absolute atomic E-state index is 7.98. The molecule has 8 heavy (non-hydrogen) atoms. The molecule has 0 aliphatic carbocycles. The van der Waals surface area contributed by atoms with Gasteiger partial charge in [-0.25, -0.2) is 5.26 Å². The Morgan fingerprint density at radius 1 is 1.38 bits per heavy atom. The van der Waals surface area contributed by atoms with Crippen molar-refractivity contribution in [1.29, 1.82) is 0 Å². The topological polar surface area (TPSA) is 47.9 Å². The van der Waals surface area contributed by atoms with Gasteiger partial charge in [-0.3, -0.25) is 0 Å². The lowest BCUT2D eigenvalue weighted by molar-refractivity contribution is -0.151. The summed E-state index contributed by atoms with van der Waals surface area (Å²) < 4.78 is 12.7. The first-order valence-corrected chi connectivity index (χ1v) is 4.29. The van der Waals surface area contributed by atoms with E-state index in [2.05, 4.69) is 25.5 Å². The molecule has 0 atom stereocenters. The standard InChI is InChI=1S/C2H7O4PS/c1-4-7(8,5-2)6-3/h3H,1-2H3. The molecule has 0 amide bonds. The molecule has 4 nitrogen and oxygen atoms in total. The minimum absolute atomic E-state index is 1.31. The monoisotopic (exact) mass is 158 g/mol. The van der Waals surface area contributed by atoms with Gasteiger partial charge in [-0.1, -0.05) is 0 Å². The van der Waals surface area contributed by atoms with Gasteiger partial charge >= 0.3 is 6.72 Å². The quantitative estimate of drug-likeness (QED) is 0.377. The van der Waals surface area contributed by atoms with Crippen LogP contribution in [-0.4, -0.2) is 19.5 Å². The van der Waals surface area contributed by atoms with Crippen LogP contribution in [0.1, 0.15) is 0 Å². The van der Waals surface area contributed by atoms with Gasteiger partial charge in [0.1, 0.15) is 0 Å². The van der Waals surface area contributed by atoms with E-state index >= 15 is 0 Å². The normalized spacial score (nSPS) is 11.9. The van der Waals surface area contributed by atoms with Gasteiger partial charge in [0.15, 0.2) is 0 Å². The van der Waals surface area contributed by atoms with Crippen molar-refractivity contribution in [3.05, 3.63) is 0 Å². The summed E-state index contributed by atoms with van der Waals surface area (Å²) in [5.74, 6) is 0. The lowest BCUT2D eigenvalue weighted by atomic mass is 11.8. The molecule has 0 rings (SSSR count). The lowest BCUT2D eigenvalue weighted by Crippen LogP contribution is -1.88. The minimum Gasteiger partial charge on any atom is -0.311 e. The van der Waals surface area contributed by atoms with Crippen molar-refractivity contribution < 1.29 is 19.0 Å². The van der Waals surface area contributed by atoms with E-state index in [0.29, 0.717) is 0 Å². The molecular weight excluding hydrogens is 151 g/mol. The first-order valence-electron chi connectivity index (χ1n) is 1.73. The third kappa shape index (κ3) is 2.17. The highest BCUT2D eigenvalue weighted by molar-refractivity contribution is 8.07. The highest BCUT2D eigenvalue weighted by atomic mass is 32.5. The van der Waals surface area contributed by atoms with Crippen molar-refractivity contribution in [2.24, 2.45) is 0 Å². The van der Waals surface area contributed by atoms with Crippen LogP contribution < -0.4 is 0 Å². The van der Waals surface area contributed by atoms with Crippen LogP contribution in [0.25, 0.3) is 0 Å². The van der Waals surface area contributed by atoms with Crippen molar-refractivity contribution in [2.75, 3.05) is 14.2 Å². The summed E-state index contributed by atoms with van der Waals surface area (Å²) in [5.41, 5.74) is 0. The Morgan fingerprint density at radius 2 is 1.75 bits per heavy atom. The fraction of sp³-hybridized carbons (Fsp3) is 1.00. The molecule has 0 unspecified atom stereocenters. The van der Waals surface area contributed by atoms with Crippen LogP contribution in [0.4, 0.5) is 0 Å². The highest BCUT2D eigenvalue weighted by Crippen LogP contribution is 2.46. The summed E-state index contributed by atoms with van der Waals surface area (Å²) >= 11 is 4.50. The first-order chi connectivity index (χ1) is 3.68. The lowest BCUT2D eigenvalue weighted by Gasteiger charge is -2.10. The van der Waals surface area contributed by atoms with Gasteiger partial charge in [-0.05, 0) is 11.8 Å². The van der Waals surface area contributed by atoms with Crippen LogP contribution in [0.15, 0.2) is 0 Å². The molecule has 0 aromatic rings. The Morgan fingerprint density at radius 3 is 1.75 bits per heavy atom. The van der Waals surface area contributed by atoms with E-state index in [0.717, 1.165) is 0 Å². The third-order valence-electron chi connectivity index (χ3n) is 0.547. The van der Waals surface area contributed by atoms with Crippen molar-refractivity contribution in [1.82, 2.24) is 0 Å². The van der Waals surface area contributed by atoms with Crippen LogP contribution >= 0.6 is 6.72 Å². The minimum atomic E-state index is -2.77. The van der Waals surface area contributed by atoms with E-state index in [9.17, 15) is 0 Å². The van der Waals surface area contributed by atoms with Gasteiger partial charge < -0.3 is 9.05 Å². The SMILES string of the molecule is COP(=S)(OC)OO. The van der Waals surface area contributed by atoms with Crippen molar-refractivity contribution in [2.45, 2.75) is 0 Å². The molecule has 0 aromatic heterocycles. The molecule has 0 aliphatic rings. The Balaban J connectivity index is 3.79. The molecular formula is C2H7O4PS. The maximum atomic E-state index is 7.98. The predicted octanol–water partition coefficient (Wildman–Crippen LogP) is 0.993. The van der Waals surface area contributed by atoms with Crippen LogP contribution in [0.2, 0.25) is 0 Å². The Bertz CT molecular complexity index is 85.2. The molecule has 0 spiro atoms. The van der Waals surface area contributed by atoms with Gasteiger partial charge in [-0.2, -0.15) is 4.67 Å². The van der Waals surface area contributed by atoms with Gasteiger partial charge in [0.25, 0.3) is 0 Å². The van der Waals surface area contributed by atoms with E-state index in [4.69, 9.17) is 5.26 Å². The van der Waals surface area contributed by atoms with E-state index in [1.165, 1.54) is 14.2 Å². The summed E-state index contributed by atoms with van der Waals surface area (Å²) in [5, 5.41) is 7.98. The van der Waals surface area contributed by atoms with Gasteiger partial charge in [0, 0.05) is 14.2 Å². The molecule has 50 valence electrons. The predicted molar refractivity (Wildman–Crippen MR) is 32.0 cm³/mol. The molecule has 0 bridgehead atoms. The summed E-state index contributed by atoms with van der Waals surface area (Å²) in [6.07, 6.45) is 0. The molecule has 0 aromatic carbocycles. The van der Waals surface area contributed by atoms with Crippen LogP contribution in [-0.2, 0) is 25.5 Å². The average molecular weight is 158 g/mol. The van der Waals surface area contributed by atoms with Crippen molar-refractivity contribution in [3.8, 4) is 0 Å². The zero-order valence-corrected chi connectivity index (χ0v) is 6.24. The average Bonchev–Trinajstić information content (AvgIpc) is 1.87. The Kier molecular flexibility index (Phi) is 3.72. The second-order valence-corrected chi connectivity index (χ2v) is 4.02. The Labute approximate surface area is 52.5 Å². The summed E-state index contributed by atoms with van der Waals surface area (Å²) in [6, 6.07) is 0. The molecule has 0 saturated carbocycles. The fourth-order valence-corrected chi connectivity index (χ4v) is 0.424. The molecule has 0 radical (unpaired) electrons. The number of rotatable bonds is 3. The van der Waals surface area contributed by atoms with Gasteiger partial charge in [0.2, 0.25) is 0 Å². The molecule has 0 aliphatic heterocycles. The maximum Gasteiger partial charge on any atom is 0.354 e. The number of hydrogen-bond donors (Lipinski definition) is 1. The number of hydrogen-bond acceptors (Lipinski definition) is 5. The van der Waals surface area contributed by atoms with Crippen molar-refractivity contribution >= 4 is 18.5 Å². The second-order valence-electron chi connectivity index (χ2n) is 0.894. The Hall–Kier alpha value is 0.490. The van der Waals surface area contributed by atoms with E-state index < -0.39 is 6.72 Å². The zero-order valence-electron chi connectivity index (χ0n) is 4.53. The summed E-state index contributed by atoms with van der Waals surface area (Å²) in [4.78, 5) is 0. The first kappa shape index (κ1) is 8.49. The fourth-order valence-electron chi connectivity index (χ4n) is 0.141. The van der Waals surface area contributed by atoms with Gasteiger partial charge in [-0.15, -0.1) is 0 Å². The molecule has 6 heteroatoms. The van der Waals surface area contributed by atoms with Crippen molar-refractivity contribution in [3.63, 3.8) is 0 Å². The molecule has 0 fully saturated rings. The van der Waals surface area contributed by atoms with E-state index in [1.54, 1.807) is 0 Å². The van der Waals surface area contributed by atoms with Crippen LogP contribution in [0.5, 0.6) is 0 Å². The summed E-state index contributed by atoms with van der Waals surface area (Å²) in [6.45, 7) is -2.77. The second kappa shape index (κ2) is 3.50. The van der Waals surface area contributed by atoms with E-state index in [-0.39, 0.29) is 0 Å². The largest absolute Gasteiger partial charge is 0.354 e. The molecule has 0 heterocycles. The zero-order chi connectivity index (χ0) is 6.62.